The molecule has 1 aromatic carbocycles. The topological polar surface area (TPSA) is 41.8 Å². The Morgan fingerprint density at radius 1 is 1.46 bits per heavy atom. The van der Waals surface area contributed by atoms with Gasteiger partial charge < -0.3 is 9.94 Å². The molecule has 70 valence electrons. The highest BCUT2D eigenvalue weighted by molar-refractivity contribution is 6.00. The molecule has 3 heteroatoms. The summed E-state index contributed by atoms with van der Waals surface area (Å²) in [7, 11) is 0. The van der Waals surface area contributed by atoms with Crippen LogP contribution in [-0.2, 0) is 4.84 Å². The van der Waals surface area contributed by atoms with Crippen molar-refractivity contribution in [2.45, 2.75) is 13.8 Å². The van der Waals surface area contributed by atoms with E-state index in [0.717, 1.165) is 0 Å². The van der Waals surface area contributed by atoms with Gasteiger partial charge in [0.2, 0.25) is 0 Å². The van der Waals surface area contributed by atoms with Crippen LogP contribution in [0.3, 0.4) is 0 Å². The number of benzene rings is 1. The van der Waals surface area contributed by atoms with Gasteiger partial charge in [-0.15, -0.1) is 0 Å². The molecule has 0 atom stereocenters. The fraction of sp³-hybridized carbons (Fsp3) is 0.300. The Labute approximate surface area is 77.6 Å². The lowest BCUT2D eigenvalue weighted by molar-refractivity contribution is 0.159. The van der Waals surface area contributed by atoms with Crippen LogP contribution in [0.1, 0.15) is 19.4 Å². The van der Waals surface area contributed by atoms with E-state index in [-0.39, 0.29) is 5.75 Å². The number of nitrogens with zero attached hydrogens (tertiary/aromatic N) is 1. The molecule has 0 aliphatic rings. The third kappa shape index (κ3) is 2.47. The summed E-state index contributed by atoms with van der Waals surface area (Å²) in [6.07, 6.45) is 0. The van der Waals surface area contributed by atoms with Crippen molar-refractivity contribution < 1.29 is 9.94 Å². The summed E-state index contributed by atoms with van der Waals surface area (Å²) >= 11 is 0. The van der Waals surface area contributed by atoms with Crippen LogP contribution in [0.25, 0.3) is 0 Å². The van der Waals surface area contributed by atoms with Crippen molar-refractivity contribution in [1.29, 1.82) is 0 Å². The first-order valence-corrected chi connectivity index (χ1v) is 4.20. The predicted octanol–water partition coefficient (Wildman–Crippen LogP) is 2.15. The fourth-order valence-electron chi connectivity index (χ4n) is 0.990. The van der Waals surface area contributed by atoms with E-state index >= 15 is 0 Å². The molecule has 0 spiro atoms. The van der Waals surface area contributed by atoms with Gasteiger partial charge in [0.25, 0.3) is 0 Å². The molecule has 1 aromatic rings. The van der Waals surface area contributed by atoms with Crippen LogP contribution in [0.4, 0.5) is 0 Å². The molecule has 0 heterocycles. The van der Waals surface area contributed by atoms with Crippen LogP contribution < -0.4 is 0 Å². The third-order valence-corrected chi connectivity index (χ3v) is 1.62. The lowest BCUT2D eigenvalue weighted by Gasteiger charge is -2.02. The molecule has 13 heavy (non-hydrogen) atoms. The highest BCUT2D eigenvalue weighted by Crippen LogP contribution is 2.16. The van der Waals surface area contributed by atoms with Crippen LogP contribution in [-0.4, -0.2) is 17.4 Å². The van der Waals surface area contributed by atoms with Gasteiger partial charge in [0.1, 0.15) is 12.4 Å². The van der Waals surface area contributed by atoms with E-state index < -0.39 is 0 Å². The summed E-state index contributed by atoms with van der Waals surface area (Å²) in [6.45, 7) is 4.19. The van der Waals surface area contributed by atoms with Crippen LogP contribution >= 0.6 is 0 Å². The second-order valence-corrected chi connectivity index (χ2v) is 2.61. The van der Waals surface area contributed by atoms with Crippen LogP contribution in [0.15, 0.2) is 29.4 Å². The summed E-state index contributed by atoms with van der Waals surface area (Å²) in [4.78, 5) is 4.88. The molecule has 0 saturated heterocycles. The lowest BCUT2D eigenvalue weighted by Crippen LogP contribution is -1.96. The van der Waals surface area contributed by atoms with Gasteiger partial charge >= 0.3 is 0 Å². The number of aromatic hydroxyl groups is 1. The van der Waals surface area contributed by atoms with E-state index in [1.165, 1.54) is 0 Å². The van der Waals surface area contributed by atoms with Crippen molar-refractivity contribution in [3.8, 4) is 5.75 Å². The smallest absolute Gasteiger partial charge is 0.124 e. The molecule has 0 radical (unpaired) electrons. The highest BCUT2D eigenvalue weighted by Gasteiger charge is 2.02. The van der Waals surface area contributed by atoms with Gasteiger partial charge in [-0.3, -0.25) is 0 Å². The Balaban J connectivity index is 2.88. The predicted molar refractivity (Wildman–Crippen MR) is 51.9 cm³/mol. The maximum Gasteiger partial charge on any atom is 0.124 e. The molecule has 0 saturated carbocycles. The molecule has 0 fully saturated rings. The Morgan fingerprint density at radius 2 is 2.15 bits per heavy atom. The number of hydrogen-bond donors (Lipinski definition) is 1. The Morgan fingerprint density at radius 3 is 2.77 bits per heavy atom. The van der Waals surface area contributed by atoms with Crippen molar-refractivity contribution in [2.24, 2.45) is 5.16 Å². The monoisotopic (exact) mass is 179 g/mol. The number of phenols is 1. The average molecular weight is 179 g/mol. The maximum absolute atomic E-state index is 9.44. The van der Waals surface area contributed by atoms with Crippen molar-refractivity contribution in [2.75, 3.05) is 6.61 Å². The zero-order valence-electron chi connectivity index (χ0n) is 7.82. The molecule has 0 amide bonds. The van der Waals surface area contributed by atoms with E-state index in [0.29, 0.717) is 17.9 Å². The van der Waals surface area contributed by atoms with Gasteiger partial charge in [0, 0.05) is 5.56 Å². The second kappa shape index (κ2) is 4.50. The normalized spacial score (nSPS) is 11.4. The minimum atomic E-state index is 0.225. The minimum Gasteiger partial charge on any atom is -0.507 e. The first-order valence-electron chi connectivity index (χ1n) is 4.20. The minimum absolute atomic E-state index is 0.225. The number of hydrogen-bond acceptors (Lipinski definition) is 3. The molecular weight excluding hydrogens is 166 g/mol. The molecule has 1 N–H and O–H groups in total. The van der Waals surface area contributed by atoms with E-state index in [1.807, 2.05) is 13.0 Å². The van der Waals surface area contributed by atoms with Gasteiger partial charge in [-0.2, -0.15) is 0 Å². The third-order valence-electron chi connectivity index (χ3n) is 1.62. The fourth-order valence-corrected chi connectivity index (χ4v) is 0.990. The SMILES string of the molecule is CCON=C(C)c1ccccc1O. The van der Waals surface area contributed by atoms with Crippen LogP contribution in [0.5, 0.6) is 5.75 Å². The van der Waals surface area contributed by atoms with E-state index in [9.17, 15) is 5.11 Å². The number of oxime groups is 1. The van der Waals surface area contributed by atoms with Gasteiger partial charge in [0.15, 0.2) is 0 Å². The second-order valence-electron chi connectivity index (χ2n) is 2.61. The number of rotatable bonds is 3. The Bertz CT molecular complexity index is 308. The molecule has 1 rings (SSSR count). The van der Waals surface area contributed by atoms with Crippen molar-refractivity contribution in [3.63, 3.8) is 0 Å². The zero-order chi connectivity index (χ0) is 9.68. The molecule has 0 aromatic heterocycles. The van der Waals surface area contributed by atoms with E-state index in [1.54, 1.807) is 25.1 Å². The molecule has 0 aliphatic carbocycles. The largest absolute Gasteiger partial charge is 0.507 e. The molecule has 3 nitrogen and oxygen atoms in total. The van der Waals surface area contributed by atoms with Gasteiger partial charge in [-0.1, -0.05) is 17.3 Å². The summed E-state index contributed by atoms with van der Waals surface area (Å²) in [5, 5.41) is 13.3. The van der Waals surface area contributed by atoms with Crippen molar-refractivity contribution in [1.82, 2.24) is 0 Å². The van der Waals surface area contributed by atoms with Crippen molar-refractivity contribution >= 4 is 5.71 Å². The summed E-state index contributed by atoms with van der Waals surface area (Å²) < 4.78 is 0. The zero-order valence-corrected chi connectivity index (χ0v) is 7.82. The van der Waals surface area contributed by atoms with Crippen LogP contribution in [0, 0.1) is 0 Å². The standard InChI is InChI=1S/C10H13NO2/c1-3-13-11-8(2)9-6-4-5-7-10(9)12/h4-7,12H,3H2,1-2H3. The quantitative estimate of drug-likeness (QED) is 0.570. The first-order chi connectivity index (χ1) is 6.25. The Kier molecular flexibility index (Phi) is 3.31. The van der Waals surface area contributed by atoms with E-state index in [2.05, 4.69) is 5.16 Å². The van der Waals surface area contributed by atoms with Gasteiger partial charge in [-0.05, 0) is 26.0 Å². The van der Waals surface area contributed by atoms with Crippen LogP contribution in [0.2, 0.25) is 0 Å². The number of para-hydroxylation sites is 1. The van der Waals surface area contributed by atoms with E-state index in [4.69, 9.17) is 4.84 Å². The molecule has 0 unspecified atom stereocenters. The Hall–Kier alpha value is -1.51. The van der Waals surface area contributed by atoms with Gasteiger partial charge in [0.05, 0.1) is 5.71 Å². The first kappa shape index (κ1) is 9.58. The van der Waals surface area contributed by atoms with Gasteiger partial charge in [-0.25, -0.2) is 0 Å². The summed E-state index contributed by atoms with van der Waals surface area (Å²) in [5.74, 6) is 0.225. The summed E-state index contributed by atoms with van der Waals surface area (Å²) in [6, 6.07) is 7.04. The number of phenolic OH excluding ortho intramolecular Hbond substituents is 1. The summed E-state index contributed by atoms with van der Waals surface area (Å²) in [5.41, 5.74) is 1.39. The molecular formula is C10H13NO2. The molecule has 0 aliphatic heterocycles. The molecule has 0 bridgehead atoms. The maximum atomic E-state index is 9.44. The lowest BCUT2D eigenvalue weighted by atomic mass is 10.1. The highest BCUT2D eigenvalue weighted by atomic mass is 16.6. The average Bonchev–Trinajstić information content (AvgIpc) is 2.15. The van der Waals surface area contributed by atoms with Crippen molar-refractivity contribution in [3.05, 3.63) is 29.8 Å².